The number of sulfonamides is 1. The molecule has 0 amide bonds. The van der Waals surface area contributed by atoms with E-state index in [0.29, 0.717) is 0 Å². The molecule has 0 aliphatic rings. The van der Waals surface area contributed by atoms with Gasteiger partial charge in [0.2, 0.25) is 10.0 Å². The molecule has 0 fully saturated rings. The highest BCUT2D eigenvalue weighted by atomic mass is 32.2. The van der Waals surface area contributed by atoms with Gasteiger partial charge in [-0.1, -0.05) is 12.1 Å². The molecule has 1 aromatic heterocycles. The molecular formula is C15H19N3O2S. The Labute approximate surface area is 125 Å². The molecule has 2 atom stereocenters. The Hall–Kier alpha value is -1.76. The van der Waals surface area contributed by atoms with E-state index < -0.39 is 10.0 Å². The summed E-state index contributed by atoms with van der Waals surface area (Å²) < 4.78 is 22.5. The van der Waals surface area contributed by atoms with Gasteiger partial charge in [0.15, 0.2) is 0 Å². The van der Waals surface area contributed by atoms with Gasteiger partial charge in [-0.05, 0) is 49.2 Å². The Balaban J connectivity index is 2.08. The Morgan fingerprint density at radius 2 is 1.43 bits per heavy atom. The fourth-order valence-corrected chi connectivity index (χ4v) is 2.68. The molecule has 2 aromatic rings. The first-order chi connectivity index (χ1) is 9.88. The van der Waals surface area contributed by atoms with E-state index in [4.69, 9.17) is 5.14 Å². The van der Waals surface area contributed by atoms with Gasteiger partial charge in [0.25, 0.3) is 0 Å². The van der Waals surface area contributed by atoms with Crippen molar-refractivity contribution in [1.29, 1.82) is 0 Å². The van der Waals surface area contributed by atoms with Crippen molar-refractivity contribution < 1.29 is 8.42 Å². The number of primary sulfonamides is 1. The van der Waals surface area contributed by atoms with E-state index in [1.807, 2.05) is 19.1 Å². The number of hydrogen-bond donors (Lipinski definition) is 2. The first-order valence-electron chi connectivity index (χ1n) is 6.66. The molecular weight excluding hydrogens is 286 g/mol. The number of benzene rings is 1. The second-order valence-corrected chi connectivity index (χ2v) is 6.57. The van der Waals surface area contributed by atoms with Crippen LogP contribution in [0.4, 0.5) is 0 Å². The van der Waals surface area contributed by atoms with Crippen molar-refractivity contribution in [3.8, 4) is 0 Å². The Morgan fingerprint density at radius 1 is 0.952 bits per heavy atom. The third kappa shape index (κ3) is 4.10. The SMILES string of the molecule is CC(N[C@@H](C)c1ccncc1)c1ccc(S(N)(=O)=O)cc1. The molecule has 0 saturated carbocycles. The maximum atomic E-state index is 11.2. The van der Waals surface area contributed by atoms with E-state index in [1.54, 1.807) is 24.5 Å². The van der Waals surface area contributed by atoms with Crippen molar-refractivity contribution in [3.05, 3.63) is 59.9 Å². The van der Waals surface area contributed by atoms with Crippen molar-refractivity contribution in [2.24, 2.45) is 5.14 Å². The molecule has 1 aromatic carbocycles. The third-order valence-corrected chi connectivity index (χ3v) is 4.34. The van der Waals surface area contributed by atoms with Gasteiger partial charge in [0, 0.05) is 24.5 Å². The van der Waals surface area contributed by atoms with E-state index in [-0.39, 0.29) is 17.0 Å². The van der Waals surface area contributed by atoms with E-state index in [1.165, 1.54) is 12.1 Å². The summed E-state index contributed by atoms with van der Waals surface area (Å²) in [6.45, 7) is 4.11. The minimum Gasteiger partial charge on any atom is -0.304 e. The molecule has 112 valence electrons. The Kier molecular flexibility index (Phi) is 4.72. The molecule has 2 rings (SSSR count). The first kappa shape index (κ1) is 15.6. The molecule has 6 heteroatoms. The van der Waals surface area contributed by atoms with Crippen LogP contribution in [0.15, 0.2) is 53.7 Å². The molecule has 1 heterocycles. The van der Waals surface area contributed by atoms with Gasteiger partial charge in [0.05, 0.1) is 4.90 Å². The summed E-state index contributed by atoms with van der Waals surface area (Å²) in [7, 11) is -3.64. The molecule has 0 radical (unpaired) electrons. The van der Waals surface area contributed by atoms with Gasteiger partial charge >= 0.3 is 0 Å². The predicted octanol–water partition coefficient (Wildman–Crippen LogP) is 2.14. The lowest BCUT2D eigenvalue weighted by atomic mass is 10.1. The van der Waals surface area contributed by atoms with Crippen LogP contribution in [0.3, 0.4) is 0 Å². The van der Waals surface area contributed by atoms with Crippen LogP contribution in [0.1, 0.15) is 37.1 Å². The first-order valence-corrected chi connectivity index (χ1v) is 8.21. The number of nitrogens with zero attached hydrogens (tertiary/aromatic N) is 1. The lowest BCUT2D eigenvalue weighted by Crippen LogP contribution is -2.22. The molecule has 5 nitrogen and oxygen atoms in total. The highest BCUT2D eigenvalue weighted by Crippen LogP contribution is 2.20. The highest BCUT2D eigenvalue weighted by Gasteiger charge is 2.12. The second kappa shape index (κ2) is 6.34. The molecule has 0 aliphatic heterocycles. The molecule has 0 aliphatic carbocycles. The van der Waals surface area contributed by atoms with Gasteiger partial charge < -0.3 is 5.32 Å². The standard InChI is InChI=1S/C15H19N3O2S/c1-11(18-12(2)14-7-9-17-10-8-14)13-3-5-15(6-4-13)21(16,19)20/h3-12,18H,1-2H3,(H2,16,19,20)/t11?,12-/m0/s1. The fraction of sp³-hybridized carbons (Fsp3) is 0.267. The van der Waals surface area contributed by atoms with Crippen molar-refractivity contribution >= 4 is 10.0 Å². The average molecular weight is 305 g/mol. The summed E-state index contributed by atoms with van der Waals surface area (Å²) in [4.78, 5) is 4.13. The summed E-state index contributed by atoms with van der Waals surface area (Å²) in [5.41, 5.74) is 2.15. The number of aromatic nitrogens is 1. The van der Waals surface area contributed by atoms with Crippen LogP contribution in [0.25, 0.3) is 0 Å². The minimum absolute atomic E-state index is 0.0858. The molecule has 21 heavy (non-hydrogen) atoms. The lowest BCUT2D eigenvalue weighted by molar-refractivity contribution is 0.494. The largest absolute Gasteiger partial charge is 0.304 e. The van der Waals surface area contributed by atoms with E-state index in [0.717, 1.165) is 11.1 Å². The Morgan fingerprint density at radius 3 is 1.90 bits per heavy atom. The zero-order valence-corrected chi connectivity index (χ0v) is 12.8. The molecule has 0 spiro atoms. The van der Waals surface area contributed by atoms with Crippen molar-refractivity contribution in [2.75, 3.05) is 0 Å². The van der Waals surface area contributed by atoms with Gasteiger partial charge in [-0.15, -0.1) is 0 Å². The lowest BCUT2D eigenvalue weighted by Gasteiger charge is -2.20. The predicted molar refractivity (Wildman–Crippen MR) is 82.0 cm³/mol. The van der Waals surface area contributed by atoms with Crippen LogP contribution in [0.5, 0.6) is 0 Å². The summed E-state index contributed by atoms with van der Waals surface area (Å²) in [6.07, 6.45) is 3.53. The zero-order chi connectivity index (χ0) is 15.5. The monoisotopic (exact) mass is 305 g/mol. The maximum Gasteiger partial charge on any atom is 0.238 e. The normalized spacial score (nSPS) is 14.6. The summed E-state index contributed by atoms with van der Waals surface area (Å²) in [6, 6.07) is 10.8. The maximum absolute atomic E-state index is 11.2. The number of rotatable bonds is 5. The topological polar surface area (TPSA) is 85.1 Å². The van der Waals surface area contributed by atoms with Crippen molar-refractivity contribution in [2.45, 2.75) is 30.8 Å². The van der Waals surface area contributed by atoms with Gasteiger partial charge in [0.1, 0.15) is 0 Å². The quantitative estimate of drug-likeness (QED) is 0.886. The fourth-order valence-electron chi connectivity index (χ4n) is 2.17. The van der Waals surface area contributed by atoms with Crippen LogP contribution in [-0.2, 0) is 10.0 Å². The van der Waals surface area contributed by atoms with Crippen LogP contribution in [0.2, 0.25) is 0 Å². The van der Waals surface area contributed by atoms with Crippen LogP contribution in [-0.4, -0.2) is 13.4 Å². The van der Waals surface area contributed by atoms with E-state index in [9.17, 15) is 8.42 Å². The van der Waals surface area contributed by atoms with E-state index in [2.05, 4.69) is 17.2 Å². The number of nitrogens with two attached hydrogens (primary N) is 1. The van der Waals surface area contributed by atoms with Gasteiger partial charge in [-0.3, -0.25) is 4.98 Å². The molecule has 0 bridgehead atoms. The number of nitrogens with one attached hydrogen (secondary N) is 1. The van der Waals surface area contributed by atoms with Crippen LogP contribution in [0, 0.1) is 0 Å². The van der Waals surface area contributed by atoms with Crippen LogP contribution >= 0.6 is 0 Å². The summed E-state index contributed by atoms with van der Waals surface area (Å²) >= 11 is 0. The van der Waals surface area contributed by atoms with Crippen LogP contribution < -0.4 is 10.5 Å². The Bertz CT molecular complexity index is 685. The third-order valence-electron chi connectivity index (χ3n) is 3.41. The molecule has 1 unspecified atom stereocenters. The zero-order valence-electron chi connectivity index (χ0n) is 12.0. The average Bonchev–Trinajstić information content (AvgIpc) is 2.47. The van der Waals surface area contributed by atoms with E-state index >= 15 is 0 Å². The molecule has 3 N–H and O–H groups in total. The highest BCUT2D eigenvalue weighted by molar-refractivity contribution is 7.89. The van der Waals surface area contributed by atoms with Gasteiger partial charge in [-0.25, -0.2) is 13.6 Å². The van der Waals surface area contributed by atoms with Gasteiger partial charge in [-0.2, -0.15) is 0 Å². The molecule has 0 saturated heterocycles. The van der Waals surface area contributed by atoms with Crippen molar-refractivity contribution in [1.82, 2.24) is 10.3 Å². The summed E-state index contributed by atoms with van der Waals surface area (Å²) in [5, 5.41) is 8.55. The van der Waals surface area contributed by atoms with Crippen molar-refractivity contribution in [3.63, 3.8) is 0 Å². The minimum atomic E-state index is -3.64. The smallest absolute Gasteiger partial charge is 0.238 e. The number of pyridine rings is 1. The second-order valence-electron chi connectivity index (χ2n) is 5.00. The summed E-state index contributed by atoms with van der Waals surface area (Å²) in [5.74, 6) is 0. The number of hydrogen-bond acceptors (Lipinski definition) is 4.